The minimum Gasteiger partial charge on any atom is -0.493 e. The van der Waals surface area contributed by atoms with Gasteiger partial charge in [0.15, 0.2) is 11.5 Å². The summed E-state index contributed by atoms with van der Waals surface area (Å²) in [6, 6.07) is 4.50. The molecule has 0 spiro atoms. The van der Waals surface area contributed by atoms with Gasteiger partial charge in [0.05, 0.1) is 12.7 Å². The van der Waals surface area contributed by atoms with Gasteiger partial charge in [-0.05, 0) is 25.1 Å². The van der Waals surface area contributed by atoms with E-state index in [1.54, 1.807) is 6.07 Å². The fraction of sp³-hybridized carbons (Fsp3) is 0.231. The van der Waals surface area contributed by atoms with Gasteiger partial charge in [0.1, 0.15) is 11.6 Å². The summed E-state index contributed by atoms with van der Waals surface area (Å²) in [6.45, 7) is 2.20. The van der Waals surface area contributed by atoms with E-state index >= 15 is 0 Å². The van der Waals surface area contributed by atoms with Crippen LogP contribution >= 0.6 is 11.3 Å². The number of hydrogen-bond acceptors (Lipinski definition) is 5. The summed E-state index contributed by atoms with van der Waals surface area (Å²) in [4.78, 5) is 15.2. The van der Waals surface area contributed by atoms with E-state index in [0.717, 1.165) is 10.7 Å². The normalized spacial score (nSPS) is 10.2. The Hall–Kier alpha value is -2.08. The molecule has 0 radical (unpaired) electrons. The van der Waals surface area contributed by atoms with Crippen molar-refractivity contribution in [3.8, 4) is 11.5 Å². The predicted molar refractivity (Wildman–Crippen MR) is 71.1 cm³/mol. The van der Waals surface area contributed by atoms with E-state index in [2.05, 4.69) is 4.98 Å². The quantitative estimate of drug-likeness (QED) is 0.911. The van der Waals surface area contributed by atoms with Crippen molar-refractivity contribution in [2.75, 3.05) is 7.11 Å². The summed E-state index contributed by atoms with van der Waals surface area (Å²) in [5, 5.41) is 11.7. The third-order valence-corrected chi connectivity index (χ3v) is 3.37. The topological polar surface area (TPSA) is 68.7 Å². The van der Waals surface area contributed by atoms with Gasteiger partial charge in [-0.15, -0.1) is 11.3 Å². The zero-order chi connectivity index (χ0) is 13.8. The van der Waals surface area contributed by atoms with Gasteiger partial charge in [-0.1, -0.05) is 0 Å². The van der Waals surface area contributed by atoms with Crippen LogP contribution < -0.4 is 9.47 Å². The number of carboxylic acid groups (broad SMARTS) is 1. The van der Waals surface area contributed by atoms with Crippen LogP contribution in [0.2, 0.25) is 0 Å². The molecule has 100 valence electrons. The summed E-state index contributed by atoms with van der Waals surface area (Å²) in [5.74, 6) is -0.105. The molecule has 1 aromatic carbocycles. The molecule has 0 bridgehead atoms. The molecule has 6 heteroatoms. The first-order valence-electron chi connectivity index (χ1n) is 5.55. The molecule has 5 nitrogen and oxygen atoms in total. The van der Waals surface area contributed by atoms with Gasteiger partial charge in [0, 0.05) is 11.1 Å². The van der Waals surface area contributed by atoms with E-state index in [9.17, 15) is 4.79 Å². The van der Waals surface area contributed by atoms with Crippen LogP contribution in [0.25, 0.3) is 0 Å². The lowest BCUT2D eigenvalue weighted by Gasteiger charge is -2.10. The molecule has 19 heavy (non-hydrogen) atoms. The zero-order valence-electron chi connectivity index (χ0n) is 10.5. The SMILES string of the molecule is COc1ccc(C(=O)O)cc1OCc1nc(C)cs1. The first-order chi connectivity index (χ1) is 9.10. The van der Waals surface area contributed by atoms with Crippen molar-refractivity contribution in [2.45, 2.75) is 13.5 Å². The lowest BCUT2D eigenvalue weighted by atomic mass is 10.2. The van der Waals surface area contributed by atoms with E-state index in [1.165, 1.54) is 30.6 Å². The minimum atomic E-state index is -1.00. The Kier molecular flexibility index (Phi) is 4.01. The molecular formula is C13H13NO4S. The molecule has 0 fully saturated rings. The molecule has 0 aliphatic carbocycles. The van der Waals surface area contributed by atoms with E-state index < -0.39 is 5.97 Å². The highest BCUT2D eigenvalue weighted by Gasteiger charge is 2.11. The summed E-state index contributed by atoms with van der Waals surface area (Å²) >= 11 is 1.50. The van der Waals surface area contributed by atoms with Crippen molar-refractivity contribution in [1.29, 1.82) is 0 Å². The van der Waals surface area contributed by atoms with Crippen molar-refractivity contribution in [3.05, 3.63) is 39.8 Å². The average Bonchev–Trinajstić information content (AvgIpc) is 2.81. The zero-order valence-corrected chi connectivity index (χ0v) is 11.4. The average molecular weight is 279 g/mol. The smallest absolute Gasteiger partial charge is 0.335 e. The molecule has 2 rings (SSSR count). The summed E-state index contributed by atoms with van der Waals surface area (Å²) in [6.07, 6.45) is 0. The second kappa shape index (κ2) is 5.71. The Labute approximate surface area is 114 Å². The standard InChI is InChI=1S/C13H13NO4S/c1-8-7-19-12(14-8)6-18-11-5-9(13(15)16)3-4-10(11)17-2/h3-5,7H,6H2,1-2H3,(H,15,16). The lowest BCUT2D eigenvalue weighted by molar-refractivity contribution is 0.0696. The van der Waals surface area contributed by atoms with Gasteiger partial charge in [-0.2, -0.15) is 0 Å². The maximum Gasteiger partial charge on any atom is 0.335 e. The number of nitrogens with zero attached hydrogens (tertiary/aromatic N) is 1. The third-order valence-electron chi connectivity index (χ3n) is 2.43. The van der Waals surface area contributed by atoms with Crippen molar-refractivity contribution in [1.82, 2.24) is 4.98 Å². The second-order valence-electron chi connectivity index (χ2n) is 3.84. The minimum absolute atomic E-state index is 0.158. The number of aryl methyl sites for hydroxylation is 1. The number of ether oxygens (including phenoxy) is 2. The number of benzene rings is 1. The van der Waals surface area contributed by atoms with Gasteiger partial charge in [0.2, 0.25) is 0 Å². The molecule has 0 atom stereocenters. The fourth-order valence-corrected chi connectivity index (χ4v) is 2.21. The third kappa shape index (κ3) is 3.23. The summed E-state index contributed by atoms with van der Waals surface area (Å²) in [5.41, 5.74) is 1.10. The van der Waals surface area contributed by atoms with Gasteiger partial charge in [0.25, 0.3) is 0 Å². The Morgan fingerprint density at radius 3 is 2.79 bits per heavy atom. The van der Waals surface area contributed by atoms with E-state index in [4.69, 9.17) is 14.6 Å². The van der Waals surface area contributed by atoms with Crippen molar-refractivity contribution >= 4 is 17.3 Å². The van der Waals surface area contributed by atoms with E-state index in [0.29, 0.717) is 11.5 Å². The molecule has 1 heterocycles. The molecule has 1 N–H and O–H groups in total. The first kappa shape index (κ1) is 13.4. The molecule has 0 aliphatic heterocycles. The maximum atomic E-state index is 10.9. The highest BCUT2D eigenvalue weighted by Crippen LogP contribution is 2.29. The molecule has 0 saturated carbocycles. The van der Waals surface area contributed by atoms with E-state index in [-0.39, 0.29) is 12.2 Å². The summed E-state index contributed by atoms with van der Waals surface area (Å²) < 4.78 is 10.7. The number of aromatic nitrogens is 1. The van der Waals surface area contributed by atoms with Crippen LogP contribution in [0.4, 0.5) is 0 Å². The number of aromatic carboxylic acids is 1. The van der Waals surface area contributed by atoms with Crippen molar-refractivity contribution in [3.63, 3.8) is 0 Å². The van der Waals surface area contributed by atoms with Crippen LogP contribution in [-0.2, 0) is 6.61 Å². The monoisotopic (exact) mass is 279 g/mol. The molecule has 0 aliphatic rings. The number of carbonyl (C=O) groups is 1. The number of hydrogen-bond donors (Lipinski definition) is 1. The van der Waals surface area contributed by atoms with Crippen LogP contribution in [0, 0.1) is 6.92 Å². The number of rotatable bonds is 5. The van der Waals surface area contributed by atoms with Gasteiger partial charge in [-0.25, -0.2) is 9.78 Å². The Bertz CT molecular complexity index is 594. The highest BCUT2D eigenvalue weighted by molar-refractivity contribution is 7.09. The molecular weight excluding hydrogens is 266 g/mol. The Morgan fingerprint density at radius 2 is 2.21 bits per heavy atom. The first-order valence-corrected chi connectivity index (χ1v) is 6.43. The van der Waals surface area contributed by atoms with Gasteiger partial charge < -0.3 is 14.6 Å². The largest absolute Gasteiger partial charge is 0.493 e. The summed E-state index contributed by atoms with van der Waals surface area (Å²) in [7, 11) is 1.51. The molecule has 0 unspecified atom stereocenters. The molecule has 1 aromatic heterocycles. The second-order valence-corrected chi connectivity index (χ2v) is 4.78. The predicted octanol–water partition coefficient (Wildman–Crippen LogP) is 2.74. The maximum absolute atomic E-state index is 10.9. The van der Waals surface area contributed by atoms with E-state index in [1.807, 2.05) is 12.3 Å². The van der Waals surface area contributed by atoms with Gasteiger partial charge >= 0.3 is 5.97 Å². The fourth-order valence-electron chi connectivity index (χ4n) is 1.53. The Balaban J connectivity index is 2.17. The molecule has 0 amide bonds. The van der Waals surface area contributed by atoms with Crippen LogP contribution in [-0.4, -0.2) is 23.2 Å². The number of carboxylic acids is 1. The van der Waals surface area contributed by atoms with Crippen molar-refractivity contribution in [2.24, 2.45) is 0 Å². The van der Waals surface area contributed by atoms with Crippen LogP contribution in [0.5, 0.6) is 11.5 Å². The van der Waals surface area contributed by atoms with Gasteiger partial charge in [-0.3, -0.25) is 0 Å². The molecule has 0 saturated heterocycles. The Morgan fingerprint density at radius 1 is 1.42 bits per heavy atom. The highest BCUT2D eigenvalue weighted by atomic mass is 32.1. The van der Waals surface area contributed by atoms with Crippen LogP contribution in [0.15, 0.2) is 23.6 Å². The lowest BCUT2D eigenvalue weighted by Crippen LogP contribution is -2.01. The number of thiazole rings is 1. The molecule has 2 aromatic rings. The van der Waals surface area contributed by atoms with Crippen molar-refractivity contribution < 1.29 is 19.4 Å². The van der Waals surface area contributed by atoms with Crippen LogP contribution in [0.3, 0.4) is 0 Å². The van der Waals surface area contributed by atoms with Crippen LogP contribution in [0.1, 0.15) is 21.1 Å². The number of methoxy groups -OCH3 is 1.